The standard InChI is InChI=1S/C19H22N2O6/c1-18(2,3)27-17(26)21-14(23)8-9-19(16(21)25)10-15(24)20(11-19)12-4-6-13(22)7-5-12/h4-7,22H,8-11H2,1-3H3. The second-order valence-corrected chi connectivity index (χ2v) is 7.97. The van der Waals surface area contributed by atoms with Crippen molar-refractivity contribution in [3.05, 3.63) is 24.3 Å². The first-order chi connectivity index (χ1) is 12.5. The molecule has 1 unspecified atom stereocenters. The molecule has 0 aliphatic carbocycles. The summed E-state index contributed by atoms with van der Waals surface area (Å²) >= 11 is 0. The average Bonchev–Trinajstić information content (AvgIpc) is 2.89. The molecule has 0 bridgehead atoms. The first-order valence-corrected chi connectivity index (χ1v) is 8.72. The monoisotopic (exact) mass is 374 g/mol. The van der Waals surface area contributed by atoms with Crippen LogP contribution in [0.25, 0.3) is 0 Å². The highest BCUT2D eigenvalue weighted by molar-refractivity contribution is 6.15. The zero-order chi connectivity index (χ0) is 20.0. The van der Waals surface area contributed by atoms with E-state index >= 15 is 0 Å². The van der Waals surface area contributed by atoms with Crippen molar-refractivity contribution in [1.29, 1.82) is 0 Å². The highest BCUT2D eigenvalue weighted by Crippen LogP contribution is 2.43. The Kier molecular flexibility index (Phi) is 4.45. The largest absolute Gasteiger partial charge is 0.508 e. The van der Waals surface area contributed by atoms with Crippen molar-refractivity contribution >= 4 is 29.5 Å². The van der Waals surface area contributed by atoms with Crippen LogP contribution in [0, 0.1) is 5.41 Å². The third kappa shape index (κ3) is 3.51. The Morgan fingerprint density at radius 3 is 2.33 bits per heavy atom. The van der Waals surface area contributed by atoms with Crippen LogP contribution in [0.1, 0.15) is 40.0 Å². The number of piperidine rings is 1. The quantitative estimate of drug-likeness (QED) is 0.756. The molecule has 144 valence electrons. The van der Waals surface area contributed by atoms with Gasteiger partial charge in [0.1, 0.15) is 11.4 Å². The van der Waals surface area contributed by atoms with Gasteiger partial charge >= 0.3 is 6.09 Å². The van der Waals surface area contributed by atoms with Crippen molar-refractivity contribution in [3.63, 3.8) is 0 Å². The SMILES string of the molecule is CC(C)(C)OC(=O)N1C(=O)CCC2(CC(=O)N(c3ccc(O)cc3)C2)C1=O. The molecule has 2 aliphatic heterocycles. The summed E-state index contributed by atoms with van der Waals surface area (Å²) in [5.41, 5.74) is -1.45. The summed E-state index contributed by atoms with van der Waals surface area (Å²) in [5, 5.41) is 9.41. The molecule has 2 fully saturated rings. The highest BCUT2D eigenvalue weighted by atomic mass is 16.6. The lowest BCUT2D eigenvalue weighted by Gasteiger charge is -2.36. The molecule has 0 aromatic heterocycles. The van der Waals surface area contributed by atoms with E-state index in [-0.39, 0.29) is 37.5 Å². The molecule has 4 amide bonds. The highest BCUT2D eigenvalue weighted by Gasteiger charge is 2.56. The van der Waals surface area contributed by atoms with Gasteiger partial charge in [-0.05, 0) is 51.5 Å². The molecule has 3 rings (SSSR count). The minimum absolute atomic E-state index is 0.0122. The summed E-state index contributed by atoms with van der Waals surface area (Å²) in [5.74, 6) is -1.51. The van der Waals surface area contributed by atoms with Crippen molar-refractivity contribution in [3.8, 4) is 5.75 Å². The molecule has 1 aromatic carbocycles. The van der Waals surface area contributed by atoms with Gasteiger partial charge in [0.25, 0.3) is 0 Å². The van der Waals surface area contributed by atoms with Crippen LogP contribution in [-0.2, 0) is 19.1 Å². The number of anilines is 1. The summed E-state index contributed by atoms with van der Waals surface area (Å²) in [6, 6.07) is 6.06. The Bertz CT molecular complexity index is 810. The number of hydrogen-bond donors (Lipinski definition) is 1. The van der Waals surface area contributed by atoms with Crippen molar-refractivity contribution in [2.45, 2.75) is 45.6 Å². The van der Waals surface area contributed by atoms with Crippen LogP contribution >= 0.6 is 0 Å². The second kappa shape index (κ2) is 6.37. The Balaban J connectivity index is 1.86. The number of amides is 4. The number of nitrogens with zero attached hydrogens (tertiary/aromatic N) is 2. The Labute approximate surface area is 156 Å². The number of benzene rings is 1. The van der Waals surface area contributed by atoms with Crippen LogP contribution in [-0.4, -0.2) is 46.0 Å². The van der Waals surface area contributed by atoms with Gasteiger partial charge in [-0.25, -0.2) is 4.79 Å². The number of carbonyl (C=O) groups is 4. The van der Waals surface area contributed by atoms with Gasteiger partial charge in [0.2, 0.25) is 17.7 Å². The number of carbonyl (C=O) groups excluding carboxylic acids is 4. The number of aromatic hydroxyl groups is 1. The number of rotatable bonds is 1. The maximum atomic E-state index is 13.0. The van der Waals surface area contributed by atoms with E-state index < -0.39 is 28.9 Å². The lowest BCUT2D eigenvalue weighted by Crippen LogP contribution is -2.55. The normalized spacial score (nSPS) is 23.3. The fourth-order valence-corrected chi connectivity index (χ4v) is 3.42. The lowest BCUT2D eigenvalue weighted by molar-refractivity contribution is -0.155. The molecule has 2 saturated heterocycles. The maximum Gasteiger partial charge on any atom is 0.424 e. The van der Waals surface area contributed by atoms with Crippen LogP contribution in [0.15, 0.2) is 24.3 Å². The van der Waals surface area contributed by atoms with Crippen LogP contribution in [0.4, 0.5) is 10.5 Å². The summed E-state index contributed by atoms with van der Waals surface area (Å²) in [7, 11) is 0. The van der Waals surface area contributed by atoms with Crippen molar-refractivity contribution in [1.82, 2.24) is 4.90 Å². The van der Waals surface area contributed by atoms with Gasteiger partial charge in [0, 0.05) is 25.1 Å². The molecule has 0 saturated carbocycles. The molecular weight excluding hydrogens is 352 g/mol. The van der Waals surface area contributed by atoms with E-state index in [0.29, 0.717) is 10.6 Å². The molecule has 1 aromatic rings. The van der Waals surface area contributed by atoms with E-state index in [1.165, 1.54) is 17.0 Å². The van der Waals surface area contributed by atoms with E-state index in [2.05, 4.69) is 0 Å². The predicted octanol–water partition coefficient (Wildman–Crippen LogP) is 2.20. The van der Waals surface area contributed by atoms with E-state index in [4.69, 9.17) is 4.74 Å². The summed E-state index contributed by atoms with van der Waals surface area (Å²) < 4.78 is 5.19. The third-order valence-corrected chi connectivity index (χ3v) is 4.71. The number of likely N-dealkylation sites (tertiary alicyclic amines) is 1. The smallest absolute Gasteiger partial charge is 0.424 e. The maximum absolute atomic E-state index is 13.0. The molecule has 8 heteroatoms. The minimum atomic E-state index is -1.14. The molecule has 2 aliphatic rings. The fraction of sp³-hybridized carbons (Fsp3) is 0.474. The average molecular weight is 374 g/mol. The molecule has 1 spiro atoms. The molecule has 0 radical (unpaired) electrons. The molecule has 1 N–H and O–H groups in total. The third-order valence-electron chi connectivity index (χ3n) is 4.71. The van der Waals surface area contributed by atoms with Crippen LogP contribution < -0.4 is 4.90 Å². The van der Waals surface area contributed by atoms with E-state index in [9.17, 15) is 24.3 Å². The van der Waals surface area contributed by atoms with Gasteiger partial charge in [-0.15, -0.1) is 0 Å². The van der Waals surface area contributed by atoms with Crippen molar-refractivity contribution in [2.75, 3.05) is 11.4 Å². The topological polar surface area (TPSA) is 104 Å². The van der Waals surface area contributed by atoms with Crippen molar-refractivity contribution < 1.29 is 29.0 Å². The van der Waals surface area contributed by atoms with Gasteiger partial charge in [0.15, 0.2) is 0 Å². The van der Waals surface area contributed by atoms with E-state index in [1.807, 2.05) is 0 Å². The first kappa shape index (κ1) is 18.9. The van der Waals surface area contributed by atoms with Gasteiger partial charge in [-0.2, -0.15) is 4.90 Å². The summed E-state index contributed by atoms with van der Waals surface area (Å²) in [6.07, 6.45) is -0.905. The number of ether oxygens (including phenoxy) is 1. The minimum Gasteiger partial charge on any atom is -0.508 e. The fourth-order valence-electron chi connectivity index (χ4n) is 3.42. The predicted molar refractivity (Wildman–Crippen MR) is 94.8 cm³/mol. The number of phenolic OH excluding ortho intramolecular Hbond substituents is 1. The molecule has 2 heterocycles. The van der Waals surface area contributed by atoms with Crippen molar-refractivity contribution in [2.24, 2.45) is 5.41 Å². The zero-order valence-corrected chi connectivity index (χ0v) is 15.5. The number of phenols is 1. The van der Waals surface area contributed by atoms with Crippen LogP contribution in [0.3, 0.4) is 0 Å². The first-order valence-electron chi connectivity index (χ1n) is 8.72. The van der Waals surface area contributed by atoms with E-state index in [1.54, 1.807) is 32.9 Å². The van der Waals surface area contributed by atoms with Gasteiger partial charge in [-0.3, -0.25) is 14.4 Å². The van der Waals surface area contributed by atoms with E-state index in [0.717, 1.165) is 0 Å². The van der Waals surface area contributed by atoms with Gasteiger partial charge < -0.3 is 14.7 Å². The van der Waals surface area contributed by atoms with Gasteiger partial charge in [0.05, 0.1) is 5.41 Å². The molecule has 27 heavy (non-hydrogen) atoms. The number of imide groups is 3. The second-order valence-electron chi connectivity index (χ2n) is 7.97. The lowest BCUT2D eigenvalue weighted by atomic mass is 9.78. The molecular formula is C19H22N2O6. The summed E-state index contributed by atoms with van der Waals surface area (Å²) in [6.45, 7) is 5.00. The van der Waals surface area contributed by atoms with Gasteiger partial charge in [-0.1, -0.05) is 0 Å². The molecule has 8 nitrogen and oxygen atoms in total. The zero-order valence-electron chi connectivity index (χ0n) is 15.5. The van der Waals surface area contributed by atoms with Crippen LogP contribution in [0.5, 0.6) is 5.75 Å². The molecule has 1 atom stereocenters. The Hall–Kier alpha value is -2.90. The number of hydrogen-bond acceptors (Lipinski definition) is 6. The summed E-state index contributed by atoms with van der Waals surface area (Å²) in [4.78, 5) is 52.2. The Morgan fingerprint density at radius 2 is 1.74 bits per heavy atom. The Morgan fingerprint density at radius 1 is 1.11 bits per heavy atom. The van der Waals surface area contributed by atoms with Crippen LogP contribution in [0.2, 0.25) is 0 Å².